The van der Waals surface area contributed by atoms with Crippen LogP contribution < -0.4 is 10.6 Å². The second-order valence-electron chi connectivity index (χ2n) is 4.40. The van der Waals surface area contributed by atoms with Crippen LogP contribution in [0.25, 0.3) is 0 Å². The number of rotatable bonds is 6. The van der Waals surface area contributed by atoms with Gasteiger partial charge in [0.2, 0.25) is 5.91 Å². The molecule has 0 aliphatic heterocycles. The van der Waals surface area contributed by atoms with Gasteiger partial charge >= 0.3 is 0 Å². The van der Waals surface area contributed by atoms with E-state index in [1.54, 1.807) is 12.5 Å². The minimum Gasteiger partial charge on any atom is -0.355 e. The van der Waals surface area contributed by atoms with E-state index in [2.05, 4.69) is 29.5 Å². The summed E-state index contributed by atoms with van der Waals surface area (Å²) in [4.78, 5) is 15.9. The van der Waals surface area contributed by atoms with Gasteiger partial charge in [-0.2, -0.15) is 0 Å². The molecule has 5 nitrogen and oxygen atoms in total. The molecule has 0 fully saturated rings. The number of amides is 1. The van der Waals surface area contributed by atoms with Gasteiger partial charge in [-0.1, -0.05) is 13.8 Å². The number of imidazole rings is 1. The Bertz CT molecular complexity index is 359. The van der Waals surface area contributed by atoms with Gasteiger partial charge in [0.1, 0.15) is 6.04 Å². The molecule has 1 amide bonds. The molecule has 1 aromatic heterocycles. The van der Waals surface area contributed by atoms with Crippen molar-refractivity contribution in [2.45, 2.75) is 46.3 Å². The number of nitrogens with one attached hydrogen (secondary N) is 2. The third kappa shape index (κ3) is 3.85. The van der Waals surface area contributed by atoms with E-state index < -0.39 is 0 Å². The fourth-order valence-electron chi connectivity index (χ4n) is 1.57. The number of carbonyl (C=O) groups excluding carboxylic acids is 1. The zero-order valence-electron chi connectivity index (χ0n) is 11.0. The van der Waals surface area contributed by atoms with Crippen molar-refractivity contribution >= 4 is 5.91 Å². The van der Waals surface area contributed by atoms with Crippen LogP contribution in [0.1, 0.15) is 39.4 Å². The first-order valence-electron chi connectivity index (χ1n) is 6.08. The lowest BCUT2D eigenvalue weighted by molar-refractivity contribution is -0.123. The topological polar surface area (TPSA) is 59.0 Å². The van der Waals surface area contributed by atoms with Crippen LogP contribution in [0.4, 0.5) is 0 Å². The Hall–Kier alpha value is -1.36. The Morgan fingerprint density at radius 3 is 2.76 bits per heavy atom. The van der Waals surface area contributed by atoms with Crippen LogP contribution in [0, 0.1) is 0 Å². The van der Waals surface area contributed by atoms with Crippen LogP contribution in [0.3, 0.4) is 0 Å². The van der Waals surface area contributed by atoms with Crippen LogP contribution in [0.2, 0.25) is 0 Å². The molecule has 0 bridgehead atoms. The number of nitrogens with zero attached hydrogens (tertiary/aromatic N) is 2. The molecule has 1 unspecified atom stereocenters. The number of aromatic nitrogens is 2. The minimum atomic E-state index is -0.221. The molecule has 0 aromatic carbocycles. The van der Waals surface area contributed by atoms with E-state index in [4.69, 9.17) is 0 Å². The van der Waals surface area contributed by atoms with Gasteiger partial charge in [0, 0.05) is 25.3 Å². The summed E-state index contributed by atoms with van der Waals surface area (Å²) < 4.78 is 1.90. The van der Waals surface area contributed by atoms with Gasteiger partial charge in [0.15, 0.2) is 0 Å². The number of hydrogen-bond acceptors (Lipinski definition) is 3. The number of hydrogen-bond donors (Lipinski definition) is 2. The Morgan fingerprint density at radius 2 is 2.18 bits per heavy atom. The van der Waals surface area contributed by atoms with Crippen LogP contribution in [-0.4, -0.2) is 28.0 Å². The highest BCUT2D eigenvalue weighted by molar-refractivity contribution is 5.79. The SMILES string of the molecule is CCNC(=O)C(C)n1cncc1CNC(C)C. The van der Waals surface area contributed by atoms with Crippen molar-refractivity contribution in [3.05, 3.63) is 18.2 Å². The van der Waals surface area contributed by atoms with Gasteiger partial charge in [0.25, 0.3) is 0 Å². The second kappa shape index (κ2) is 6.39. The molecule has 0 radical (unpaired) electrons. The summed E-state index contributed by atoms with van der Waals surface area (Å²) in [6, 6.07) is 0.194. The van der Waals surface area contributed by atoms with Gasteiger partial charge in [-0.25, -0.2) is 4.98 Å². The van der Waals surface area contributed by atoms with Crippen molar-refractivity contribution < 1.29 is 4.79 Å². The molecule has 5 heteroatoms. The third-order valence-electron chi connectivity index (χ3n) is 2.59. The molecule has 0 saturated carbocycles. The number of likely N-dealkylation sites (N-methyl/N-ethyl adjacent to an activating group) is 1. The standard InChI is InChI=1S/C12H22N4O/c1-5-14-12(17)10(4)16-8-13-6-11(16)7-15-9(2)3/h6,8-10,15H,5,7H2,1-4H3,(H,14,17). The van der Waals surface area contributed by atoms with Crippen LogP contribution >= 0.6 is 0 Å². The van der Waals surface area contributed by atoms with Gasteiger partial charge in [-0.15, -0.1) is 0 Å². The second-order valence-corrected chi connectivity index (χ2v) is 4.40. The zero-order chi connectivity index (χ0) is 12.8. The molecule has 0 saturated heterocycles. The van der Waals surface area contributed by atoms with Crippen LogP contribution in [0.5, 0.6) is 0 Å². The van der Waals surface area contributed by atoms with Crippen molar-refractivity contribution in [3.8, 4) is 0 Å². The predicted molar refractivity (Wildman–Crippen MR) is 67.6 cm³/mol. The molecular formula is C12H22N4O. The highest BCUT2D eigenvalue weighted by Crippen LogP contribution is 2.10. The first kappa shape index (κ1) is 13.7. The lowest BCUT2D eigenvalue weighted by atomic mass is 10.3. The van der Waals surface area contributed by atoms with Gasteiger partial charge in [-0.05, 0) is 13.8 Å². The van der Waals surface area contributed by atoms with Crippen molar-refractivity contribution in [3.63, 3.8) is 0 Å². The maximum Gasteiger partial charge on any atom is 0.242 e. The molecule has 1 atom stereocenters. The fraction of sp³-hybridized carbons (Fsp3) is 0.667. The van der Waals surface area contributed by atoms with Gasteiger partial charge in [0.05, 0.1) is 12.0 Å². The normalized spacial score (nSPS) is 12.8. The summed E-state index contributed by atoms with van der Waals surface area (Å²) in [6.07, 6.45) is 3.50. The van der Waals surface area contributed by atoms with E-state index in [-0.39, 0.29) is 11.9 Å². The Labute approximate surface area is 103 Å². The van der Waals surface area contributed by atoms with Crippen molar-refractivity contribution in [1.82, 2.24) is 20.2 Å². The molecule has 17 heavy (non-hydrogen) atoms. The van der Waals surface area contributed by atoms with Crippen molar-refractivity contribution in [2.75, 3.05) is 6.54 Å². The minimum absolute atomic E-state index is 0.0243. The van der Waals surface area contributed by atoms with E-state index in [1.807, 2.05) is 18.4 Å². The van der Waals surface area contributed by atoms with Crippen molar-refractivity contribution in [1.29, 1.82) is 0 Å². The summed E-state index contributed by atoms with van der Waals surface area (Å²) in [6.45, 7) is 9.35. The zero-order valence-corrected chi connectivity index (χ0v) is 11.0. The lowest BCUT2D eigenvalue weighted by Gasteiger charge is -2.17. The lowest BCUT2D eigenvalue weighted by Crippen LogP contribution is -2.32. The summed E-state index contributed by atoms with van der Waals surface area (Å²) in [7, 11) is 0. The maximum atomic E-state index is 11.8. The van der Waals surface area contributed by atoms with Crippen LogP contribution in [0.15, 0.2) is 12.5 Å². The summed E-state index contributed by atoms with van der Waals surface area (Å²) in [5.41, 5.74) is 1.03. The first-order chi connectivity index (χ1) is 8.06. The van der Waals surface area contributed by atoms with E-state index in [0.29, 0.717) is 12.6 Å². The van der Waals surface area contributed by atoms with Crippen molar-refractivity contribution in [2.24, 2.45) is 0 Å². The quantitative estimate of drug-likeness (QED) is 0.779. The molecule has 96 valence electrons. The summed E-state index contributed by atoms with van der Waals surface area (Å²) in [5.74, 6) is 0.0243. The Morgan fingerprint density at radius 1 is 1.47 bits per heavy atom. The molecule has 1 rings (SSSR count). The average molecular weight is 238 g/mol. The molecule has 0 spiro atoms. The molecule has 1 aromatic rings. The fourth-order valence-corrected chi connectivity index (χ4v) is 1.57. The highest BCUT2D eigenvalue weighted by atomic mass is 16.2. The summed E-state index contributed by atoms with van der Waals surface area (Å²) in [5, 5.41) is 6.14. The smallest absolute Gasteiger partial charge is 0.242 e. The molecule has 2 N–H and O–H groups in total. The highest BCUT2D eigenvalue weighted by Gasteiger charge is 2.16. The Balaban J connectivity index is 2.70. The number of carbonyl (C=O) groups is 1. The molecule has 0 aliphatic rings. The third-order valence-corrected chi connectivity index (χ3v) is 2.59. The predicted octanol–water partition coefficient (Wildman–Crippen LogP) is 1.08. The maximum absolute atomic E-state index is 11.8. The largest absolute Gasteiger partial charge is 0.355 e. The van der Waals surface area contributed by atoms with E-state index >= 15 is 0 Å². The molecular weight excluding hydrogens is 216 g/mol. The van der Waals surface area contributed by atoms with Gasteiger partial charge < -0.3 is 15.2 Å². The first-order valence-corrected chi connectivity index (χ1v) is 6.08. The molecule has 1 heterocycles. The van der Waals surface area contributed by atoms with E-state index in [0.717, 1.165) is 12.2 Å². The van der Waals surface area contributed by atoms with Crippen LogP contribution in [-0.2, 0) is 11.3 Å². The molecule has 0 aliphatic carbocycles. The Kier molecular flexibility index (Phi) is 5.15. The van der Waals surface area contributed by atoms with E-state index in [1.165, 1.54) is 0 Å². The van der Waals surface area contributed by atoms with E-state index in [9.17, 15) is 4.79 Å². The summed E-state index contributed by atoms with van der Waals surface area (Å²) >= 11 is 0. The monoisotopic (exact) mass is 238 g/mol. The average Bonchev–Trinajstić information content (AvgIpc) is 2.73. The van der Waals surface area contributed by atoms with Gasteiger partial charge in [-0.3, -0.25) is 4.79 Å².